The van der Waals surface area contributed by atoms with E-state index in [0.717, 1.165) is 35.1 Å². The van der Waals surface area contributed by atoms with Gasteiger partial charge in [-0.15, -0.1) is 0 Å². The summed E-state index contributed by atoms with van der Waals surface area (Å²) in [6.45, 7) is 7.37. The molecule has 2 aliphatic heterocycles. The van der Waals surface area contributed by atoms with Crippen molar-refractivity contribution in [1.82, 2.24) is 19.5 Å². The first-order chi connectivity index (χ1) is 14.6. The van der Waals surface area contributed by atoms with Crippen molar-refractivity contribution in [2.24, 2.45) is 0 Å². The second kappa shape index (κ2) is 7.52. The molecular weight excluding hydrogens is 382 g/mol. The third-order valence-electron chi connectivity index (χ3n) is 6.42. The van der Waals surface area contributed by atoms with Gasteiger partial charge in [-0.2, -0.15) is 0 Å². The summed E-state index contributed by atoms with van der Waals surface area (Å²) in [5, 5.41) is 0.994. The standard InChI is InChI=1S/C22H27N5O3/c1-15-14-30-12-9-26(15)20-21(28)27(22(2)5-10-29-11-6-22)13-18(25-20)16-3-7-23-19-17(16)4-8-24-19/h3-4,7-8,13,15H,5-6,9-12,14H2,1-2H3,(H,23,24)/t15-/m1/s1. The van der Waals surface area contributed by atoms with Gasteiger partial charge in [0.2, 0.25) is 0 Å². The number of nitrogens with zero attached hydrogens (tertiary/aromatic N) is 4. The van der Waals surface area contributed by atoms with Crippen molar-refractivity contribution in [3.63, 3.8) is 0 Å². The van der Waals surface area contributed by atoms with E-state index in [1.54, 1.807) is 6.20 Å². The third-order valence-corrected chi connectivity index (χ3v) is 6.42. The second-order valence-corrected chi connectivity index (χ2v) is 8.45. The van der Waals surface area contributed by atoms with Crippen LogP contribution in [0.25, 0.3) is 22.3 Å². The number of hydrogen-bond acceptors (Lipinski definition) is 6. The Kier molecular flexibility index (Phi) is 4.83. The SMILES string of the molecule is C[C@@H]1COCCN1c1nc(-c2ccnc3[nH]ccc23)cn(C2(C)CCOCC2)c1=O. The summed E-state index contributed by atoms with van der Waals surface area (Å²) in [6, 6.07) is 4.06. The molecule has 8 heteroatoms. The molecule has 2 saturated heterocycles. The van der Waals surface area contributed by atoms with Gasteiger partial charge in [-0.1, -0.05) is 0 Å². The molecule has 0 radical (unpaired) electrons. The molecule has 0 aromatic carbocycles. The van der Waals surface area contributed by atoms with Crippen molar-refractivity contribution >= 4 is 16.9 Å². The van der Waals surface area contributed by atoms with Crippen molar-refractivity contribution in [2.75, 3.05) is 37.9 Å². The first-order valence-electron chi connectivity index (χ1n) is 10.6. The molecular formula is C22H27N5O3. The van der Waals surface area contributed by atoms with Crippen LogP contribution >= 0.6 is 0 Å². The van der Waals surface area contributed by atoms with Crippen LogP contribution in [0.3, 0.4) is 0 Å². The van der Waals surface area contributed by atoms with Crippen molar-refractivity contribution in [3.05, 3.63) is 41.1 Å². The molecule has 0 amide bonds. The number of fused-ring (bicyclic) bond motifs is 1. The van der Waals surface area contributed by atoms with Crippen LogP contribution < -0.4 is 10.5 Å². The minimum atomic E-state index is -0.304. The van der Waals surface area contributed by atoms with E-state index in [1.807, 2.05) is 29.1 Å². The Bertz CT molecular complexity index is 1120. The maximum atomic E-state index is 13.7. The summed E-state index contributed by atoms with van der Waals surface area (Å²) in [6.07, 6.45) is 7.17. The van der Waals surface area contributed by atoms with E-state index >= 15 is 0 Å². The smallest absolute Gasteiger partial charge is 0.294 e. The second-order valence-electron chi connectivity index (χ2n) is 8.45. The molecule has 1 N–H and O–H groups in total. The van der Waals surface area contributed by atoms with Crippen LogP contribution in [0.15, 0.2) is 35.5 Å². The number of H-pyrrole nitrogens is 1. The molecule has 8 nitrogen and oxygen atoms in total. The van der Waals surface area contributed by atoms with Crippen LogP contribution in [0.1, 0.15) is 26.7 Å². The summed E-state index contributed by atoms with van der Waals surface area (Å²) in [5.41, 5.74) is 2.21. The Morgan fingerprint density at radius 3 is 2.83 bits per heavy atom. The van der Waals surface area contributed by atoms with E-state index in [1.165, 1.54) is 0 Å². The molecule has 0 saturated carbocycles. The van der Waals surface area contributed by atoms with Crippen molar-refractivity contribution in [2.45, 2.75) is 38.3 Å². The average Bonchev–Trinajstić information content (AvgIpc) is 3.24. The van der Waals surface area contributed by atoms with Crippen molar-refractivity contribution < 1.29 is 9.47 Å². The molecule has 5 heterocycles. The fourth-order valence-electron chi connectivity index (χ4n) is 4.48. The first-order valence-corrected chi connectivity index (χ1v) is 10.6. The maximum Gasteiger partial charge on any atom is 0.294 e. The van der Waals surface area contributed by atoms with E-state index in [0.29, 0.717) is 38.8 Å². The number of aromatic nitrogens is 4. The Hall–Kier alpha value is -2.71. The van der Waals surface area contributed by atoms with E-state index in [9.17, 15) is 4.79 Å². The molecule has 3 aromatic heterocycles. The minimum absolute atomic E-state index is 0.0451. The molecule has 0 unspecified atom stereocenters. The number of hydrogen-bond donors (Lipinski definition) is 1. The predicted octanol–water partition coefficient (Wildman–Crippen LogP) is 2.54. The zero-order chi connectivity index (χ0) is 20.7. The number of nitrogens with one attached hydrogen (secondary N) is 1. The minimum Gasteiger partial charge on any atom is -0.381 e. The lowest BCUT2D eigenvalue weighted by atomic mass is 9.92. The molecule has 158 valence electrons. The van der Waals surface area contributed by atoms with Crippen molar-refractivity contribution in [1.29, 1.82) is 0 Å². The number of rotatable bonds is 3. The third kappa shape index (κ3) is 3.20. The summed E-state index contributed by atoms with van der Waals surface area (Å²) in [7, 11) is 0. The molecule has 3 aromatic rings. The fourth-order valence-corrected chi connectivity index (χ4v) is 4.48. The van der Waals surface area contributed by atoms with Crippen LogP contribution in [0.5, 0.6) is 0 Å². The van der Waals surface area contributed by atoms with E-state index in [-0.39, 0.29) is 17.1 Å². The molecule has 1 atom stereocenters. The van der Waals surface area contributed by atoms with E-state index in [2.05, 4.69) is 28.7 Å². The van der Waals surface area contributed by atoms with Gasteiger partial charge in [-0.25, -0.2) is 9.97 Å². The highest BCUT2D eigenvalue weighted by Gasteiger charge is 2.33. The summed E-state index contributed by atoms with van der Waals surface area (Å²) in [5.74, 6) is 0.497. The summed E-state index contributed by atoms with van der Waals surface area (Å²) < 4.78 is 13.1. The number of aromatic amines is 1. The predicted molar refractivity (Wildman–Crippen MR) is 115 cm³/mol. The van der Waals surface area contributed by atoms with Gasteiger partial charge in [-0.05, 0) is 38.8 Å². The molecule has 0 bridgehead atoms. The van der Waals surface area contributed by atoms with Gasteiger partial charge in [0.1, 0.15) is 5.65 Å². The average molecular weight is 409 g/mol. The highest BCUT2D eigenvalue weighted by atomic mass is 16.5. The van der Waals surface area contributed by atoms with Gasteiger partial charge in [0.15, 0.2) is 5.82 Å². The lowest BCUT2D eigenvalue weighted by Gasteiger charge is -2.38. The number of pyridine rings is 1. The van der Waals surface area contributed by atoms with Gasteiger partial charge in [0.25, 0.3) is 5.56 Å². The lowest BCUT2D eigenvalue weighted by Crippen LogP contribution is -2.50. The zero-order valence-corrected chi connectivity index (χ0v) is 17.4. The molecule has 30 heavy (non-hydrogen) atoms. The Labute approximate surface area is 174 Å². The van der Waals surface area contributed by atoms with Crippen LogP contribution in [0.4, 0.5) is 5.82 Å². The lowest BCUT2D eigenvalue weighted by molar-refractivity contribution is 0.0279. The molecule has 0 aliphatic carbocycles. The first kappa shape index (κ1) is 19.3. The Morgan fingerprint density at radius 2 is 2.03 bits per heavy atom. The van der Waals surface area contributed by atoms with Crippen molar-refractivity contribution in [3.8, 4) is 11.3 Å². The van der Waals surface area contributed by atoms with Crippen LogP contribution in [-0.2, 0) is 15.0 Å². The molecule has 2 fully saturated rings. The van der Waals surface area contributed by atoms with E-state index in [4.69, 9.17) is 14.5 Å². The summed E-state index contributed by atoms with van der Waals surface area (Å²) in [4.78, 5) is 28.2. The topological polar surface area (TPSA) is 85.3 Å². The van der Waals surface area contributed by atoms with E-state index < -0.39 is 0 Å². The number of ether oxygens (including phenoxy) is 2. The van der Waals surface area contributed by atoms with Crippen LogP contribution in [0, 0.1) is 0 Å². The Morgan fingerprint density at radius 1 is 1.20 bits per heavy atom. The van der Waals surface area contributed by atoms with Gasteiger partial charge in [0, 0.05) is 54.8 Å². The van der Waals surface area contributed by atoms with Gasteiger partial charge in [-0.3, -0.25) is 4.79 Å². The number of morpholine rings is 1. The highest BCUT2D eigenvalue weighted by Crippen LogP contribution is 2.32. The van der Waals surface area contributed by atoms with Crippen LogP contribution in [0.2, 0.25) is 0 Å². The largest absolute Gasteiger partial charge is 0.381 e. The van der Waals surface area contributed by atoms with Gasteiger partial charge in [0.05, 0.1) is 24.9 Å². The zero-order valence-electron chi connectivity index (χ0n) is 17.4. The molecule has 5 rings (SSSR count). The van der Waals surface area contributed by atoms with Gasteiger partial charge >= 0.3 is 0 Å². The highest BCUT2D eigenvalue weighted by molar-refractivity contribution is 5.91. The number of anilines is 1. The summed E-state index contributed by atoms with van der Waals surface area (Å²) >= 11 is 0. The Balaban J connectivity index is 1.73. The fraction of sp³-hybridized carbons (Fsp3) is 0.500. The normalized spacial score (nSPS) is 21.8. The van der Waals surface area contributed by atoms with Crippen LogP contribution in [-0.4, -0.2) is 58.5 Å². The maximum absolute atomic E-state index is 13.7. The molecule has 0 spiro atoms. The quantitative estimate of drug-likeness (QED) is 0.716. The monoisotopic (exact) mass is 409 g/mol. The van der Waals surface area contributed by atoms with Gasteiger partial charge < -0.3 is 23.9 Å². The molecule has 2 aliphatic rings.